The van der Waals surface area contributed by atoms with E-state index in [1.807, 2.05) is 60.7 Å². The smallest absolute Gasteiger partial charge is 0.101 e. The fourth-order valence-corrected chi connectivity index (χ4v) is 7.45. The van der Waals surface area contributed by atoms with E-state index in [9.17, 15) is 15.8 Å². The van der Waals surface area contributed by atoms with Crippen molar-refractivity contribution in [2.75, 3.05) is 0 Å². The summed E-state index contributed by atoms with van der Waals surface area (Å²) in [6, 6.07) is 57.9. The standard InChI is InChI=1S/C45H25N5/c46-26-29-17-23-43-40(24-29)39-13-7-8-32(28-48)45(39)50(43)44-25-30(27-47)16-22-38(44)35-10-2-1-9-34(35)31-18-20-33(21-19-31)49-41-14-5-3-11-36(41)37-12-4-6-15-42(37)49/h1-25H. The Kier molecular flexibility index (Phi) is 6.56. The molecule has 0 saturated heterocycles. The number of fused-ring (bicyclic) bond motifs is 6. The zero-order valence-corrected chi connectivity index (χ0v) is 26.7. The fraction of sp³-hybridized carbons (Fsp3) is 0. The number of nitriles is 3. The van der Waals surface area contributed by atoms with Gasteiger partial charge in [-0.25, -0.2) is 0 Å². The molecule has 0 aliphatic heterocycles. The molecule has 0 spiro atoms. The largest absolute Gasteiger partial charge is 0.309 e. The Balaban J connectivity index is 1.26. The first kappa shape index (κ1) is 28.8. The molecule has 2 heterocycles. The second-order valence-corrected chi connectivity index (χ2v) is 12.3. The Morgan fingerprint density at radius 3 is 1.70 bits per heavy atom. The Morgan fingerprint density at radius 2 is 1.00 bits per heavy atom. The molecule has 230 valence electrons. The summed E-state index contributed by atoms with van der Waals surface area (Å²) < 4.78 is 4.38. The number of hydrogen-bond acceptors (Lipinski definition) is 3. The molecule has 2 aromatic heterocycles. The Bertz CT molecular complexity index is 2900. The van der Waals surface area contributed by atoms with Gasteiger partial charge < -0.3 is 9.13 Å². The van der Waals surface area contributed by atoms with Crippen LogP contribution in [0.1, 0.15) is 16.7 Å². The molecule has 9 aromatic rings. The Labute approximate surface area is 287 Å². The lowest BCUT2D eigenvalue weighted by atomic mass is 9.92. The van der Waals surface area contributed by atoms with Crippen LogP contribution >= 0.6 is 0 Å². The third-order valence-corrected chi connectivity index (χ3v) is 9.64. The molecule has 0 aliphatic carbocycles. The van der Waals surface area contributed by atoms with E-state index in [0.29, 0.717) is 16.7 Å². The number of benzene rings is 7. The molecule has 0 radical (unpaired) electrons. The van der Waals surface area contributed by atoms with Gasteiger partial charge in [0.25, 0.3) is 0 Å². The summed E-state index contributed by atoms with van der Waals surface area (Å²) >= 11 is 0. The minimum atomic E-state index is 0.509. The fourth-order valence-electron chi connectivity index (χ4n) is 7.45. The first-order chi connectivity index (χ1) is 24.7. The molecule has 5 nitrogen and oxygen atoms in total. The average Bonchev–Trinajstić information content (AvgIpc) is 3.70. The topological polar surface area (TPSA) is 81.2 Å². The van der Waals surface area contributed by atoms with E-state index in [1.165, 1.54) is 10.8 Å². The van der Waals surface area contributed by atoms with Crippen molar-refractivity contribution >= 4 is 43.6 Å². The van der Waals surface area contributed by atoms with Crippen LogP contribution < -0.4 is 0 Å². The van der Waals surface area contributed by atoms with Gasteiger partial charge in [-0.15, -0.1) is 0 Å². The SMILES string of the molecule is N#Cc1ccc(-c2ccccc2-c2ccc(-n3c4ccccc4c4ccccc43)cc2)c(-n2c3ccc(C#N)cc3c3cccc(C#N)c32)c1. The molecule has 9 rings (SSSR count). The van der Waals surface area contributed by atoms with Crippen molar-refractivity contribution in [3.8, 4) is 51.8 Å². The van der Waals surface area contributed by atoms with Crippen LogP contribution in [0.15, 0.2) is 152 Å². The molecule has 0 amide bonds. The molecule has 50 heavy (non-hydrogen) atoms. The summed E-state index contributed by atoms with van der Waals surface area (Å²) in [5, 5.41) is 34.2. The monoisotopic (exact) mass is 635 g/mol. The molecule has 7 aromatic carbocycles. The number of para-hydroxylation sites is 3. The minimum Gasteiger partial charge on any atom is -0.309 e. The van der Waals surface area contributed by atoms with Gasteiger partial charge in [-0.2, -0.15) is 15.8 Å². The van der Waals surface area contributed by atoms with Gasteiger partial charge in [0.05, 0.1) is 56.6 Å². The van der Waals surface area contributed by atoms with Crippen molar-refractivity contribution < 1.29 is 0 Å². The van der Waals surface area contributed by atoms with Gasteiger partial charge in [0.1, 0.15) is 6.07 Å². The maximum atomic E-state index is 10.3. The second kappa shape index (κ2) is 11.4. The molecular weight excluding hydrogens is 611 g/mol. The van der Waals surface area contributed by atoms with Gasteiger partial charge in [0.2, 0.25) is 0 Å². The zero-order valence-electron chi connectivity index (χ0n) is 26.7. The molecule has 0 saturated carbocycles. The van der Waals surface area contributed by atoms with E-state index < -0.39 is 0 Å². The highest BCUT2D eigenvalue weighted by molar-refractivity contribution is 6.12. The molecule has 5 heteroatoms. The van der Waals surface area contributed by atoms with Crippen LogP contribution in [0.3, 0.4) is 0 Å². The minimum absolute atomic E-state index is 0.509. The van der Waals surface area contributed by atoms with Gasteiger partial charge in [-0.3, -0.25) is 0 Å². The molecule has 0 bridgehead atoms. The Morgan fingerprint density at radius 1 is 0.400 bits per heavy atom. The van der Waals surface area contributed by atoms with Crippen LogP contribution in [-0.4, -0.2) is 9.13 Å². The number of nitrogens with zero attached hydrogens (tertiary/aromatic N) is 5. The molecule has 0 aliphatic rings. The summed E-state index contributed by atoms with van der Waals surface area (Å²) in [4.78, 5) is 0. The number of aromatic nitrogens is 2. The summed E-state index contributed by atoms with van der Waals surface area (Å²) in [5.74, 6) is 0. The van der Waals surface area contributed by atoms with E-state index >= 15 is 0 Å². The Hall–Kier alpha value is -7.39. The number of hydrogen-bond donors (Lipinski definition) is 0. The maximum Gasteiger partial charge on any atom is 0.101 e. The molecule has 0 unspecified atom stereocenters. The van der Waals surface area contributed by atoms with E-state index in [-0.39, 0.29) is 0 Å². The maximum absolute atomic E-state index is 10.3. The quantitative estimate of drug-likeness (QED) is 0.193. The molecule has 0 fully saturated rings. The van der Waals surface area contributed by atoms with Gasteiger partial charge >= 0.3 is 0 Å². The van der Waals surface area contributed by atoms with E-state index in [0.717, 1.165) is 66.5 Å². The van der Waals surface area contributed by atoms with Gasteiger partial charge in [0.15, 0.2) is 0 Å². The summed E-state index contributed by atoms with van der Waals surface area (Å²) in [5.41, 5.74) is 11.3. The van der Waals surface area contributed by atoms with Crippen LogP contribution in [0.5, 0.6) is 0 Å². The molecule has 0 atom stereocenters. The van der Waals surface area contributed by atoms with E-state index in [4.69, 9.17) is 0 Å². The van der Waals surface area contributed by atoms with Gasteiger partial charge in [-0.05, 0) is 77.4 Å². The van der Waals surface area contributed by atoms with Crippen molar-refractivity contribution in [1.29, 1.82) is 15.8 Å². The van der Waals surface area contributed by atoms with Crippen molar-refractivity contribution in [2.45, 2.75) is 0 Å². The van der Waals surface area contributed by atoms with E-state index in [1.54, 1.807) is 6.07 Å². The highest BCUT2D eigenvalue weighted by atomic mass is 15.0. The lowest BCUT2D eigenvalue weighted by molar-refractivity contribution is 1.17. The first-order valence-electron chi connectivity index (χ1n) is 16.3. The summed E-state index contributed by atoms with van der Waals surface area (Å²) in [6.45, 7) is 0. The third kappa shape index (κ3) is 4.31. The van der Waals surface area contributed by atoms with E-state index in [2.05, 4.69) is 112 Å². The lowest BCUT2D eigenvalue weighted by Crippen LogP contribution is -2.00. The second-order valence-electron chi connectivity index (χ2n) is 12.3. The third-order valence-electron chi connectivity index (χ3n) is 9.64. The average molecular weight is 636 g/mol. The molecule has 0 N–H and O–H groups in total. The lowest BCUT2D eigenvalue weighted by Gasteiger charge is -2.18. The first-order valence-corrected chi connectivity index (χ1v) is 16.3. The van der Waals surface area contributed by atoms with Crippen molar-refractivity contribution in [1.82, 2.24) is 9.13 Å². The predicted molar refractivity (Wildman–Crippen MR) is 200 cm³/mol. The summed E-state index contributed by atoms with van der Waals surface area (Å²) in [7, 11) is 0. The van der Waals surface area contributed by atoms with Crippen molar-refractivity contribution in [2.24, 2.45) is 0 Å². The van der Waals surface area contributed by atoms with Crippen molar-refractivity contribution in [3.63, 3.8) is 0 Å². The number of rotatable bonds is 4. The van der Waals surface area contributed by atoms with Crippen LogP contribution in [0.4, 0.5) is 0 Å². The van der Waals surface area contributed by atoms with Crippen LogP contribution in [0.2, 0.25) is 0 Å². The van der Waals surface area contributed by atoms with Crippen LogP contribution in [0, 0.1) is 34.0 Å². The van der Waals surface area contributed by atoms with Gasteiger partial charge in [0, 0.05) is 32.8 Å². The highest BCUT2D eigenvalue weighted by Crippen LogP contribution is 2.41. The van der Waals surface area contributed by atoms with Gasteiger partial charge in [-0.1, -0.05) is 91.0 Å². The van der Waals surface area contributed by atoms with Crippen molar-refractivity contribution in [3.05, 3.63) is 168 Å². The predicted octanol–water partition coefficient (Wildman–Crippen LogP) is 10.8. The normalized spacial score (nSPS) is 11.1. The highest BCUT2D eigenvalue weighted by Gasteiger charge is 2.21. The van der Waals surface area contributed by atoms with Crippen LogP contribution in [-0.2, 0) is 0 Å². The van der Waals surface area contributed by atoms with Crippen LogP contribution in [0.25, 0.3) is 77.2 Å². The molecular formula is C45H25N5. The summed E-state index contributed by atoms with van der Waals surface area (Å²) in [6.07, 6.45) is 0. The zero-order chi connectivity index (χ0) is 33.8.